The molecule has 0 aliphatic rings. The monoisotopic (exact) mass is 241 g/mol. The van der Waals surface area contributed by atoms with E-state index in [4.69, 9.17) is 0 Å². The zero-order chi connectivity index (χ0) is 12.2. The Morgan fingerprint density at radius 3 is 2.19 bits per heavy atom. The lowest BCUT2D eigenvalue weighted by molar-refractivity contribution is 0.584. The molecule has 1 unspecified atom stereocenters. The molecule has 4 heteroatoms. The Labute approximate surface area is 97.9 Å². The van der Waals surface area contributed by atoms with Crippen molar-refractivity contribution in [2.24, 2.45) is 0 Å². The van der Waals surface area contributed by atoms with Crippen LogP contribution < -0.4 is 4.72 Å². The van der Waals surface area contributed by atoms with Crippen LogP contribution in [-0.4, -0.2) is 15.0 Å². The first-order valence-corrected chi connectivity index (χ1v) is 7.09. The van der Waals surface area contributed by atoms with Gasteiger partial charge in [0.1, 0.15) is 0 Å². The van der Waals surface area contributed by atoms with Crippen molar-refractivity contribution in [3.8, 4) is 0 Å². The van der Waals surface area contributed by atoms with E-state index in [1.165, 1.54) is 5.56 Å². The summed E-state index contributed by atoms with van der Waals surface area (Å²) < 4.78 is 25.8. The van der Waals surface area contributed by atoms with E-state index < -0.39 is 10.0 Å². The standard InChI is InChI=1S/C12H19NO2S/c1-4-10(3)11-6-8-12(9-7-11)16(14,15)13-5-2/h6-10,13H,4-5H2,1-3H3. The van der Waals surface area contributed by atoms with Crippen molar-refractivity contribution >= 4 is 10.0 Å². The molecule has 0 heterocycles. The first-order chi connectivity index (χ1) is 7.51. The lowest BCUT2D eigenvalue weighted by Gasteiger charge is -2.10. The van der Waals surface area contributed by atoms with E-state index in [2.05, 4.69) is 18.6 Å². The van der Waals surface area contributed by atoms with Crippen molar-refractivity contribution in [3.05, 3.63) is 29.8 Å². The third-order valence-electron chi connectivity index (χ3n) is 2.71. The number of rotatable bonds is 5. The molecule has 0 aliphatic heterocycles. The van der Waals surface area contributed by atoms with Gasteiger partial charge < -0.3 is 0 Å². The van der Waals surface area contributed by atoms with Gasteiger partial charge in [-0.05, 0) is 30.0 Å². The van der Waals surface area contributed by atoms with Gasteiger partial charge in [-0.3, -0.25) is 0 Å². The number of hydrogen-bond donors (Lipinski definition) is 1. The van der Waals surface area contributed by atoms with Crippen molar-refractivity contribution in [1.82, 2.24) is 4.72 Å². The van der Waals surface area contributed by atoms with Gasteiger partial charge in [-0.1, -0.05) is 32.9 Å². The molecule has 0 saturated heterocycles. The highest BCUT2D eigenvalue weighted by atomic mass is 32.2. The molecule has 0 bridgehead atoms. The first-order valence-electron chi connectivity index (χ1n) is 5.60. The summed E-state index contributed by atoms with van der Waals surface area (Å²) in [7, 11) is -3.31. The highest BCUT2D eigenvalue weighted by molar-refractivity contribution is 7.89. The van der Waals surface area contributed by atoms with Crippen LogP contribution in [0.2, 0.25) is 0 Å². The van der Waals surface area contributed by atoms with E-state index in [9.17, 15) is 8.42 Å². The fraction of sp³-hybridized carbons (Fsp3) is 0.500. The van der Waals surface area contributed by atoms with Crippen LogP contribution in [0, 0.1) is 0 Å². The zero-order valence-corrected chi connectivity index (χ0v) is 10.8. The Bertz CT molecular complexity index is 423. The van der Waals surface area contributed by atoms with Crippen LogP contribution in [0.15, 0.2) is 29.2 Å². The van der Waals surface area contributed by atoms with Gasteiger partial charge in [0.2, 0.25) is 10.0 Å². The normalized spacial score (nSPS) is 13.7. The predicted octanol–water partition coefficient (Wildman–Crippen LogP) is 2.50. The molecule has 1 N–H and O–H groups in total. The Hall–Kier alpha value is -0.870. The van der Waals surface area contributed by atoms with E-state index in [1.54, 1.807) is 19.1 Å². The predicted molar refractivity (Wildman–Crippen MR) is 66.0 cm³/mol. The van der Waals surface area contributed by atoms with Crippen LogP contribution in [-0.2, 0) is 10.0 Å². The van der Waals surface area contributed by atoms with E-state index in [1.807, 2.05) is 12.1 Å². The molecule has 0 saturated carbocycles. The minimum absolute atomic E-state index is 0.335. The SMILES string of the molecule is CCNS(=O)(=O)c1ccc(C(C)CC)cc1. The Morgan fingerprint density at radius 1 is 1.19 bits per heavy atom. The van der Waals surface area contributed by atoms with Crippen LogP contribution >= 0.6 is 0 Å². The minimum Gasteiger partial charge on any atom is -0.211 e. The zero-order valence-electron chi connectivity index (χ0n) is 10.0. The fourth-order valence-electron chi connectivity index (χ4n) is 1.48. The molecule has 16 heavy (non-hydrogen) atoms. The molecular formula is C12H19NO2S. The lowest BCUT2D eigenvalue weighted by Crippen LogP contribution is -2.23. The van der Waals surface area contributed by atoms with Gasteiger partial charge in [-0.25, -0.2) is 13.1 Å². The van der Waals surface area contributed by atoms with Gasteiger partial charge in [0, 0.05) is 6.54 Å². The molecule has 90 valence electrons. The van der Waals surface area contributed by atoms with Crippen LogP contribution in [0.5, 0.6) is 0 Å². The second kappa shape index (κ2) is 5.46. The van der Waals surface area contributed by atoms with Gasteiger partial charge in [-0.15, -0.1) is 0 Å². The molecule has 3 nitrogen and oxygen atoms in total. The summed E-state index contributed by atoms with van der Waals surface area (Å²) >= 11 is 0. The number of benzene rings is 1. The molecule has 1 rings (SSSR count). The van der Waals surface area contributed by atoms with E-state index in [0.29, 0.717) is 17.4 Å². The highest BCUT2D eigenvalue weighted by Crippen LogP contribution is 2.20. The lowest BCUT2D eigenvalue weighted by atomic mass is 9.99. The van der Waals surface area contributed by atoms with E-state index >= 15 is 0 Å². The maximum absolute atomic E-state index is 11.7. The third-order valence-corrected chi connectivity index (χ3v) is 4.27. The van der Waals surface area contributed by atoms with Crippen molar-refractivity contribution in [1.29, 1.82) is 0 Å². The van der Waals surface area contributed by atoms with Crippen LogP contribution in [0.1, 0.15) is 38.7 Å². The molecule has 0 spiro atoms. The summed E-state index contributed by atoms with van der Waals surface area (Å²) in [5, 5.41) is 0. The molecule has 0 aromatic heterocycles. The van der Waals surface area contributed by atoms with Crippen molar-refractivity contribution in [2.75, 3.05) is 6.54 Å². The maximum Gasteiger partial charge on any atom is 0.240 e. The Kier molecular flexibility index (Phi) is 4.50. The number of hydrogen-bond acceptors (Lipinski definition) is 2. The van der Waals surface area contributed by atoms with Gasteiger partial charge in [0.15, 0.2) is 0 Å². The number of sulfonamides is 1. The van der Waals surface area contributed by atoms with Gasteiger partial charge in [-0.2, -0.15) is 0 Å². The Morgan fingerprint density at radius 2 is 1.75 bits per heavy atom. The summed E-state index contributed by atoms with van der Waals surface area (Å²) in [6.45, 7) is 6.43. The first kappa shape index (κ1) is 13.2. The summed E-state index contributed by atoms with van der Waals surface area (Å²) in [4.78, 5) is 0.335. The smallest absolute Gasteiger partial charge is 0.211 e. The third kappa shape index (κ3) is 3.06. The molecule has 0 aliphatic carbocycles. The molecule has 1 atom stereocenters. The summed E-state index contributed by atoms with van der Waals surface area (Å²) in [5.41, 5.74) is 1.18. The van der Waals surface area contributed by atoms with Crippen LogP contribution in [0.4, 0.5) is 0 Å². The van der Waals surface area contributed by atoms with Crippen LogP contribution in [0.3, 0.4) is 0 Å². The van der Waals surface area contributed by atoms with Gasteiger partial charge in [0.25, 0.3) is 0 Å². The molecule has 0 fully saturated rings. The summed E-state index contributed by atoms with van der Waals surface area (Å²) in [5.74, 6) is 0.468. The molecule has 0 radical (unpaired) electrons. The van der Waals surface area contributed by atoms with Crippen LogP contribution in [0.25, 0.3) is 0 Å². The molecule has 1 aromatic rings. The van der Waals surface area contributed by atoms with E-state index in [0.717, 1.165) is 6.42 Å². The average Bonchev–Trinajstić information content (AvgIpc) is 2.28. The second-order valence-corrected chi connectivity index (χ2v) is 5.65. The van der Waals surface area contributed by atoms with Crippen molar-refractivity contribution < 1.29 is 8.42 Å². The minimum atomic E-state index is -3.31. The largest absolute Gasteiger partial charge is 0.240 e. The summed E-state index contributed by atoms with van der Waals surface area (Å²) in [6.07, 6.45) is 1.05. The molecule has 0 amide bonds. The molecule has 1 aromatic carbocycles. The number of nitrogens with one attached hydrogen (secondary N) is 1. The van der Waals surface area contributed by atoms with Gasteiger partial charge in [0.05, 0.1) is 4.90 Å². The van der Waals surface area contributed by atoms with Crippen molar-refractivity contribution in [2.45, 2.75) is 38.0 Å². The second-order valence-electron chi connectivity index (χ2n) is 3.88. The summed E-state index contributed by atoms with van der Waals surface area (Å²) in [6, 6.07) is 7.11. The quantitative estimate of drug-likeness (QED) is 0.861. The maximum atomic E-state index is 11.7. The Balaban J connectivity index is 2.95. The average molecular weight is 241 g/mol. The van der Waals surface area contributed by atoms with Crippen molar-refractivity contribution in [3.63, 3.8) is 0 Å². The topological polar surface area (TPSA) is 46.2 Å². The fourth-order valence-corrected chi connectivity index (χ4v) is 2.53. The molecular weight excluding hydrogens is 222 g/mol. The van der Waals surface area contributed by atoms with Gasteiger partial charge >= 0.3 is 0 Å². The van der Waals surface area contributed by atoms with E-state index in [-0.39, 0.29) is 0 Å². The highest BCUT2D eigenvalue weighted by Gasteiger charge is 2.12.